The minimum atomic E-state index is -0.654. The van der Waals surface area contributed by atoms with Crippen LogP contribution in [0, 0.1) is 0 Å². The number of aromatic hydroxyl groups is 1. The number of hydrogen-bond acceptors (Lipinski definition) is 8. The van der Waals surface area contributed by atoms with E-state index in [0.717, 1.165) is 16.7 Å². The Labute approximate surface area is 168 Å². The van der Waals surface area contributed by atoms with E-state index in [1.54, 1.807) is 0 Å². The van der Waals surface area contributed by atoms with Crippen LogP contribution >= 0.6 is 23.4 Å². The maximum atomic E-state index is 12.6. The van der Waals surface area contributed by atoms with Gasteiger partial charge in [0.2, 0.25) is 5.76 Å². The number of amides is 2. The van der Waals surface area contributed by atoms with E-state index < -0.39 is 17.1 Å². The van der Waals surface area contributed by atoms with Crippen molar-refractivity contribution in [3.63, 3.8) is 0 Å². The number of carbonyl (C=O) groups excluding carboxylic acids is 3. The first-order valence-electron chi connectivity index (χ1n) is 7.83. The van der Waals surface area contributed by atoms with Crippen molar-refractivity contribution in [2.24, 2.45) is 0 Å². The Morgan fingerprint density at radius 1 is 1.32 bits per heavy atom. The lowest BCUT2D eigenvalue weighted by Crippen LogP contribution is -2.27. The van der Waals surface area contributed by atoms with Gasteiger partial charge >= 0.3 is 5.97 Å². The van der Waals surface area contributed by atoms with E-state index in [2.05, 4.69) is 4.74 Å². The molecule has 146 valence electrons. The molecule has 0 saturated carbocycles. The van der Waals surface area contributed by atoms with Crippen LogP contribution in [0.2, 0.25) is 5.02 Å². The summed E-state index contributed by atoms with van der Waals surface area (Å²) in [5, 5.41) is 9.36. The van der Waals surface area contributed by atoms with Gasteiger partial charge in [0.1, 0.15) is 5.76 Å². The van der Waals surface area contributed by atoms with Crippen LogP contribution in [0.25, 0.3) is 6.08 Å². The molecule has 0 atom stereocenters. The monoisotopic (exact) mass is 423 g/mol. The average Bonchev–Trinajstić information content (AvgIpc) is 3.24. The Morgan fingerprint density at radius 2 is 2.07 bits per heavy atom. The van der Waals surface area contributed by atoms with Crippen molar-refractivity contribution in [3.05, 3.63) is 51.3 Å². The largest absolute Gasteiger partial charge is 0.503 e. The zero-order valence-corrected chi connectivity index (χ0v) is 16.3. The normalized spacial score (nSPS) is 15.4. The van der Waals surface area contributed by atoms with E-state index in [0.29, 0.717) is 5.56 Å². The highest BCUT2D eigenvalue weighted by molar-refractivity contribution is 8.18. The fourth-order valence-electron chi connectivity index (χ4n) is 2.45. The standard InChI is InChI=1S/C18H14ClNO7S/c1-25-13-6-9(5-11(19)15(13)21)7-14-16(22)20(18(24)28-14)8-10-3-4-12(27-10)17(23)26-2/h3-7,21H,8H2,1-2H3/b14-7+. The smallest absolute Gasteiger partial charge is 0.373 e. The number of rotatable bonds is 5. The molecule has 1 fully saturated rings. The molecule has 28 heavy (non-hydrogen) atoms. The molecular formula is C18H14ClNO7S. The molecule has 1 saturated heterocycles. The second-order valence-corrected chi connectivity index (χ2v) is 6.98. The van der Waals surface area contributed by atoms with Crippen molar-refractivity contribution in [2.75, 3.05) is 14.2 Å². The first-order valence-corrected chi connectivity index (χ1v) is 9.02. The molecule has 8 nitrogen and oxygen atoms in total. The van der Waals surface area contributed by atoms with Gasteiger partial charge < -0.3 is 19.0 Å². The fourth-order valence-corrected chi connectivity index (χ4v) is 3.51. The molecule has 3 rings (SSSR count). The summed E-state index contributed by atoms with van der Waals surface area (Å²) in [5.41, 5.74) is 0.483. The summed E-state index contributed by atoms with van der Waals surface area (Å²) in [6, 6.07) is 5.83. The molecule has 0 spiro atoms. The van der Waals surface area contributed by atoms with Gasteiger partial charge in [-0.1, -0.05) is 11.6 Å². The van der Waals surface area contributed by atoms with E-state index in [1.807, 2.05) is 0 Å². The Kier molecular flexibility index (Phi) is 5.66. The summed E-state index contributed by atoms with van der Waals surface area (Å²) in [6.45, 7) is -0.126. The number of imide groups is 1. The summed E-state index contributed by atoms with van der Waals surface area (Å²) in [5.74, 6) is -1.01. The number of carbonyl (C=O) groups is 3. The third-order valence-corrected chi connectivity index (χ3v) is 5.00. The van der Waals surface area contributed by atoms with E-state index in [1.165, 1.54) is 44.6 Å². The first kappa shape index (κ1) is 19.8. The van der Waals surface area contributed by atoms with Crippen molar-refractivity contribution < 1.29 is 33.4 Å². The molecule has 1 aromatic carbocycles. The van der Waals surface area contributed by atoms with Crippen LogP contribution < -0.4 is 4.74 Å². The first-order chi connectivity index (χ1) is 13.3. The highest BCUT2D eigenvalue weighted by Gasteiger charge is 2.35. The molecule has 1 aliphatic heterocycles. The third kappa shape index (κ3) is 3.85. The number of methoxy groups -OCH3 is 2. The lowest BCUT2D eigenvalue weighted by Gasteiger charge is -2.10. The fraction of sp³-hybridized carbons (Fsp3) is 0.167. The van der Waals surface area contributed by atoms with Gasteiger partial charge in [-0.25, -0.2) is 4.79 Å². The van der Waals surface area contributed by atoms with Crippen molar-refractivity contribution in [1.82, 2.24) is 4.90 Å². The molecule has 2 heterocycles. The highest BCUT2D eigenvalue weighted by atomic mass is 35.5. The Morgan fingerprint density at radius 3 is 2.75 bits per heavy atom. The van der Waals surface area contributed by atoms with Gasteiger partial charge in [0.15, 0.2) is 11.5 Å². The number of phenols is 1. The molecule has 0 unspecified atom stereocenters. The molecule has 10 heteroatoms. The molecular weight excluding hydrogens is 410 g/mol. The van der Waals surface area contributed by atoms with Crippen LogP contribution in [0.4, 0.5) is 4.79 Å². The predicted octanol–water partition coefficient (Wildman–Crippen LogP) is 3.67. The maximum Gasteiger partial charge on any atom is 0.373 e. The molecule has 0 bridgehead atoms. The van der Waals surface area contributed by atoms with Crippen molar-refractivity contribution in [2.45, 2.75) is 6.54 Å². The number of phenolic OH excluding ortho intramolecular Hbond substituents is 1. The zero-order valence-electron chi connectivity index (χ0n) is 14.7. The van der Waals surface area contributed by atoms with Crippen LogP contribution in [-0.4, -0.2) is 41.3 Å². The van der Waals surface area contributed by atoms with Gasteiger partial charge in [-0.15, -0.1) is 0 Å². The molecule has 0 radical (unpaired) electrons. The summed E-state index contributed by atoms with van der Waals surface area (Å²) < 4.78 is 14.9. The van der Waals surface area contributed by atoms with Crippen LogP contribution in [0.1, 0.15) is 21.9 Å². The summed E-state index contributed by atoms with van der Waals surface area (Å²) in [6.07, 6.45) is 1.47. The molecule has 2 amide bonds. The highest BCUT2D eigenvalue weighted by Crippen LogP contribution is 2.38. The number of halogens is 1. The summed E-state index contributed by atoms with van der Waals surface area (Å²) in [7, 11) is 2.59. The van der Waals surface area contributed by atoms with Crippen LogP contribution in [-0.2, 0) is 16.1 Å². The molecule has 1 aliphatic rings. The second kappa shape index (κ2) is 7.99. The Bertz CT molecular complexity index is 998. The van der Waals surface area contributed by atoms with E-state index in [9.17, 15) is 19.5 Å². The van der Waals surface area contributed by atoms with E-state index in [-0.39, 0.29) is 39.5 Å². The van der Waals surface area contributed by atoms with Crippen molar-refractivity contribution in [3.8, 4) is 11.5 Å². The number of thioether (sulfide) groups is 1. The van der Waals surface area contributed by atoms with Gasteiger partial charge in [0.05, 0.1) is 30.7 Å². The van der Waals surface area contributed by atoms with Crippen LogP contribution in [0.3, 0.4) is 0 Å². The molecule has 1 N–H and O–H groups in total. The second-order valence-electron chi connectivity index (χ2n) is 5.58. The minimum Gasteiger partial charge on any atom is -0.503 e. The third-order valence-electron chi connectivity index (χ3n) is 3.80. The van der Waals surface area contributed by atoms with Crippen molar-refractivity contribution >= 4 is 46.6 Å². The maximum absolute atomic E-state index is 12.6. The number of benzene rings is 1. The lowest BCUT2D eigenvalue weighted by molar-refractivity contribution is -0.123. The SMILES string of the molecule is COC(=O)c1ccc(CN2C(=O)S/C(=C/c3cc(Cl)c(O)c(OC)c3)C2=O)o1. The van der Waals surface area contributed by atoms with Crippen LogP contribution in [0.15, 0.2) is 33.6 Å². The lowest BCUT2D eigenvalue weighted by atomic mass is 10.2. The Hall–Kier alpha value is -2.91. The van der Waals surface area contributed by atoms with Gasteiger partial charge in [0, 0.05) is 0 Å². The zero-order chi connectivity index (χ0) is 20.4. The number of ether oxygens (including phenoxy) is 2. The van der Waals surface area contributed by atoms with E-state index >= 15 is 0 Å². The van der Waals surface area contributed by atoms with Crippen molar-refractivity contribution in [1.29, 1.82) is 0 Å². The molecule has 2 aromatic rings. The topological polar surface area (TPSA) is 106 Å². The summed E-state index contributed by atoms with van der Waals surface area (Å²) in [4.78, 5) is 37.4. The van der Waals surface area contributed by atoms with E-state index in [4.69, 9.17) is 20.8 Å². The van der Waals surface area contributed by atoms with Gasteiger partial charge in [-0.3, -0.25) is 14.5 Å². The number of furan rings is 1. The molecule has 0 aliphatic carbocycles. The number of nitrogens with zero attached hydrogens (tertiary/aromatic N) is 1. The van der Waals surface area contributed by atoms with Gasteiger partial charge in [0.25, 0.3) is 11.1 Å². The quantitative estimate of drug-likeness (QED) is 0.573. The predicted molar refractivity (Wildman–Crippen MR) is 101 cm³/mol. The summed E-state index contributed by atoms with van der Waals surface area (Å²) >= 11 is 6.70. The number of esters is 1. The van der Waals surface area contributed by atoms with Crippen LogP contribution in [0.5, 0.6) is 11.5 Å². The van der Waals surface area contributed by atoms with Gasteiger partial charge in [-0.2, -0.15) is 0 Å². The number of hydrogen-bond donors (Lipinski definition) is 1. The van der Waals surface area contributed by atoms with Gasteiger partial charge in [-0.05, 0) is 47.7 Å². The average molecular weight is 424 g/mol. The molecule has 1 aromatic heterocycles. The minimum absolute atomic E-state index is 0.0224. The Balaban J connectivity index is 1.82.